The third kappa shape index (κ3) is 3.80. The van der Waals surface area contributed by atoms with E-state index in [0.717, 1.165) is 17.4 Å². The summed E-state index contributed by atoms with van der Waals surface area (Å²) in [5, 5.41) is 0.158. The number of nitrogens with two attached hydrogens (primary N) is 2. The first kappa shape index (κ1) is 19.7. The zero-order chi connectivity index (χ0) is 20.4. The Hall–Kier alpha value is -3.04. The molecule has 0 saturated heterocycles. The number of pyridine rings is 1. The van der Waals surface area contributed by atoms with E-state index < -0.39 is 17.8 Å². The molecule has 3 rings (SSSR count). The van der Waals surface area contributed by atoms with Crippen LogP contribution in [0.4, 0.5) is 21.0 Å². The van der Waals surface area contributed by atoms with E-state index in [1.165, 1.54) is 36.4 Å². The zero-order valence-electron chi connectivity index (χ0n) is 14.6. The van der Waals surface area contributed by atoms with Gasteiger partial charge in [-0.1, -0.05) is 22.9 Å². The van der Waals surface area contributed by atoms with Crippen molar-refractivity contribution < 1.29 is 14.0 Å². The van der Waals surface area contributed by atoms with E-state index in [0.29, 0.717) is 11.3 Å². The van der Waals surface area contributed by atoms with E-state index in [1.807, 2.05) is 0 Å². The molecule has 1 aromatic carbocycles. The first-order valence-corrected chi connectivity index (χ1v) is 9.23. The quantitative estimate of drug-likeness (QED) is 0.593. The Kier molecular flexibility index (Phi) is 5.57. The summed E-state index contributed by atoms with van der Waals surface area (Å²) in [5.41, 5.74) is 12.1. The number of anilines is 3. The van der Waals surface area contributed by atoms with Gasteiger partial charge in [0.15, 0.2) is 5.13 Å². The molecule has 28 heavy (non-hydrogen) atoms. The fourth-order valence-corrected chi connectivity index (χ4v) is 3.65. The maximum absolute atomic E-state index is 14.0. The van der Waals surface area contributed by atoms with Gasteiger partial charge < -0.3 is 16.4 Å². The zero-order valence-corrected chi connectivity index (χ0v) is 16.2. The lowest BCUT2D eigenvalue weighted by molar-refractivity contribution is -0.118. The molecule has 1 atom stereocenters. The number of aromatic nitrogens is 2. The number of amides is 1. The Morgan fingerprint density at radius 3 is 2.54 bits per heavy atom. The average Bonchev–Trinajstić information content (AvgIpc) is 3.05. The van der Waals surface area contributed by atoms with Gasteiger partial charge in [0.05, 0.1) is 5.02 Å². The van der Waals surface area contributed by atoms with Crippen LogP contribution in [0.1, 0.15) is 22.2 Å². The maximum atomic E-state index is 14.0. The summed E-state index contributed by atoms with van der Waals surface area (Å²) < 4.78 is 14.0. The summed E-state index contributed by atoms with van der Waals surface area (Å²) in [7, 11) is 0. The third-order valence-corrected chi connectivity index (χ3v) is 5.35. The van der Waals surface area contributed by atoms with Crippen LogP contribution in [0.15, 0.2) is 42.7 Å². The van der Waals surface area contributed by atoms with E-state index in [9.17, 15) is 14.0 Å². The van der Waals surface area contributed by atoms with E-state index in [2.05, 4.69) is 9.97 Å². The largest absolute Gasteiger partial charge is 0.382 e. The van der Waals surface area contributed by atoms with Gasteiger partial charge in [0.25, 0.3) is 0 Å². The topological polar surface area (TPSA) is 115 Å². The minimum Gasteiger partial charge on any atom is -0.382 e. The van der Waals surface area contributed by atoms with Crippen LogP contribution in [0.2, 0.25) is 5.02 Å². The van der Waals surface area contributed by atoms with Crippen LogP contribution in [-0.4, -0.2) is 27.7 Å². The number of carbonyl (C=O) groups is 2. The lowest BCUT2D eigenvalue weighted by Gasteiger charge is -2.26. The Balaban J connectivity index is 2.07. The van der Waals surface area contributed by atoms with Gasteiger partial charge in [-0.05, 0) is 37.3 Å². The molecule has 0 aliphatic carbocycles. The van der Waals surface area contributed by atoms with Crippen LogP contribution in [0, 0.1) is 5.82 Å². The summed E-state index contributed by atoms with van der Waals surface area (Å²) >= 11 is 6.72. The number of nitrogen functional groups attached to an aromatic ring is 1. The highest BCUT2D eigenvalue weighted by Gasteiger charge is 2.27. The fraction of sp³-hybridized carbons (Fsp3) is 0.111. The number of rotatable bonds is 6. The summed E-state index contributed by atoms with van der Waals surface area (Å²) in [4.78, 5) is 34.2. The molecule has 0 bridgehead atoms. The van der Waals surface area contributed by atoms with E-state index in [-0.39, 0.29) is 26.6 Å². The van der Waals surface area contributed by atoms with Crippen LogP contribution >= 0.6 is 22.9 Å². The Bertz CT molecular complexity index is 1040. The van der Waals surface area contributed by atoms with Crippen LogP contribution in [0.3, 0.4) is 0 Å². The SMILES string of the molecule is C[C@H](C(N)=O)N(c1ccc(Cl)c(F)c1)c1nc(N)c(C(=O)c2ccncc2)s1. The second-order valence-corrected chi connectivity index (χ2v) is 7.21. The smallest absolute Gasteiger partial charge is 0.240 e. The number of hydrogen-bond donors (Lipinski definition) is 2. The van der Waals surface area contributed by atoms with Gasteiger partial charge in [0, 0.05) is 23.6 Å². The normalized spacial score (nSPS) is 11.8. The lowest BCUT2D eigenvalue weighted by atomic mass is 10.1. The molecule has 4 N–H and O–H groups in total. The Morgan fingerprint density at radius 1 is 1.25 bits per heavy atom. The Morgan fingerprint density at radius 2 is 1.93 bits per heavy atom. The molecule has 3 aromatic rings. The van der Waals surface area contributed by atoms with Gasteiger partial charge in [-0.15, -0.1) is 0 Å². The molecular weight excluding hydrogens is 405 g/mol. The van der Waals surface area contributed by atoms with Crippen molar-refractivity contribution in [3.63, 3.8) is 0 Å². The highest BCUT2D eigenvalue weighted by atomic mass is 35.5. The molecule has 0 saturated carbocycles. The molecule has 0 radical (unpaired) electrons. The predicted octanol–water partition coefficient (Wildman–Crippen LogP) is 3.16. The van der Waals surface area contributed by atoms with Crippen molar-refractivity contribution in [2.75, 3.05) is 10.6 Å². The molecule has 0 unspecified atom stereocenters. The van der Waals surface area contributed by atoms with Crippen molar-refractivity contribution >= 4 is 51.3 Å². The molecule has 0 fully saturated rings. The Labute approximate surface area is 168 Å². The third-order valence-electron chi connectivity index (χ3n) is 3.98. The molecular formula is C18H15ClFN5O2S. The molecule has 10 heteroatoms. The van der Waals surface area contributed by atoms with Gasteiger partial charge in [-0.3, -0.25) is 14.6 Å². The summed E-state index contributed by atoms with van der Waals surface area (Å²) in [6.45, 7) is 1.54. The number of hydrogen-bond acceptors (Lipinski definition) is 7. The van der Waals surface area contributed by atoms with Crippen molar-refractivity contribution in [1.29, 1.82) is 0 Å². The maximum Gasteiger partial charge on any atom is 0.240 e. The first-order valence-electron chi connectivity index (χ1n) is 8.04. The van der Waals surface area contributed by atoms with Crippen molar-refractivity contribution in [2.24, 2.45) is 5.73 Å². The number of thiazole rings is 1. The van der Waals surface area contributed by atoms with Crippen molar-refractivity contribution in [3.8, 4) is 0 Å². The average molecular weight is 420 g/mol. The van der Waals surface area contributed by atoms with E-state index >= 15 is 0 Å². The van der Waals surface area contributed by atoms with Crippen LogP contribution < -0.4 is 16.4 Å². The van der Waals surface area contributed by atoms with Crippen molar-refractivity contribution in [3.05, 3.63) is 64.0 Å². The summed E-state index contributed by atoms with van der Waals surface area (Å²) in [6.07, 6.45) is 2.98. The highest BCUT2D eigenvalue weighted by molar-refractivity contribution is 7.18. The van der Waals surface area contributed by atoms with Crippen LogP contribution in [0.25, 0.3) is 0 Å². The monoisotopic (exact) mass is 419 g/mol. The van der Waals surface area contributed by atoms with Gasteiger partial charge in [-0.25, -0.2) is 9.37 Å². The van der Waals surface area contributed by atoms with Crippen LogP contribution in [-0.2, 0) is 4.79 Å². The number of benzene rings is 1. The number of halogens is 2. The van der Waals surface area contributed by atoms with E-state index in [4.69, 9.17) is 23.1 Å². The molecule has 2 heterocycles. The number of primary amides is 1. The molecule has 0 aliphatic rings. The number of ketones is 1. The molecule has 2 aromatic heterocycles. The van der Waals surface area contributed by atoms with Gasteiger partial charge in [0.2, 0.25) is 11.7 Å². The second-order valence-electron chi connectivity index (χ2n) is 5.82. The first-order chi connectivity index (χ1) is 13.3. The molecule has 0 aliphatic heterocycles. The highest BCUT2D eigenvalue weighted by Crippen LogP contribution is 2.36. The summed E-state index contributed by atoms with van der Waals surface area (Å²) in [6, 6.07) is 6.26. The molecule has 0 spiro atoms. The van der Waals surface area contributed by atoms with Gasteiger partial charge in [-0.2, -0.15) is 0 Å². The minimum atomic E-state index is -0.880. The minimum absolute atomic E-state index is 0.00193. The predicted molar refractivity (Wildman–Crippen MR) is 106 cm³/mol. The number of carbonyl (C=O) groups excluding carboxylic acids is 2. The summed E-state index contributed by atoms with van der Waals surface area (Å²) in [5.74, 6) is -1.67. The lowest BCUT2D eigenvalue weighted by Crippen LogP contribution is -2.40. The van der Waals surface area contributed by atoms with Gasteiger partial charge in [0.1, 0.15) is 22.6 Å². The van der Waals surface area contributed by atoms with Crippen molar-refractivity contribution in [2.45, 2.75) is 13.0 Å². The fourth-order valence-electron chi connectivity index (χ4n) is 2.48. The standard InChI is InChI=1S/C18H15ClFN5O2S/c1-9(17(22)27)25(11-2-3-12(19)13(20)8-11)18-24-16(21)15(28-18)14(26)10-4-6-23-7-5-10/h2-9H,21H2,1H3,(H2,22,27)/t9-/m1/s1. The van der Waals surface area contributed by atoms with Crippen molar-refractivity contribution in [1.82, 2.24) is 9.97 Å². The van der Waals surface area contributed by atoms with E-state index in [1.54, 1.807) is 12.1 Å². The molecule has 7 nitrogen and oxygen atoms in total. The van der Waals surface area contributed by atoms with Gasteiger partial charge >= 0.3 is 0 Å². The number of nitrogens with zero attached hydrogens (tertiary/aromatic N) is 3. The second kappa shape index (κ2) is 7.91. The molecule has 144 valence electrons. The molecule has 1 amide bonds. The van der Waals surface area contributed by atoms with Crippen LogP contribution in [0.5, 0.6) is 0 Å².